The lowest BCUT2D eigenvalue weighted by atomic mass is 9.93. The summed E-state index contributed by atoms with van der Waals surface area (Å²) in [6, 6.07) is 21.2. The van der Waals surface area contributed by atoms with Crippen LogP contribution in [0.4, 0.5) is 5.69 Å². The number of anilines is 1. The van der Waals surface area contributed by atoms with Gasteiger partial charge in [0.05, 0.1) is 11.4 Å². The van der Waals surface area contributed by atoms with E-state index >= 15 is 0 Å². The minimum absolute atomic E-state index is 0.122. The van der Waals surface area contributed by atoms with Gasteiger partial charge in [-0.15, -0.1) is 11.3 Å². The Morgan fingerprint density at radius 1 is 1.07 bits per heavy atom. The normalized spacial score (nSPS) is 16.5. The third-order valence-corrected chi connectivity index (χ3v) is 5.48. The summed E-state index contributed by atoms with van der Waals surface area (Å²) in [6.45, 7) is 1.74. The third kappa shape index (κ3) is 3.46. The van der Waals surface area contributed by atoms with E-state index in [9.17, 15) is 9.59 Å². The zero-order valence-electron chi connectivity index (χ0n) is 14.8. The number of para-hydroxylation sites is 1. The molecule has 1 aliphatic heterocycles. The minimum atomic E-state index is -0.810. The number of benzene rings is 2. The van der Waals surface area contributed by atoms with E-state index in [1.165, 1.54) is 5.01 Å². The van der Waals surface area contributed by atoms with Gasteiger partial charge in [-0.05, 0) is 47.7 Å². The molecule has 3 aromatic rings. The number of carbonyl (C=O) groups is 2. The number of hydrazone groups is 1. The molecule has 0 N–H and O–H groups in total. The van der Waals surface area contributed by atoms with Gasteiger partial charge in [0.25, 0.3) is 5.91 Å². The number of rotatable bonds is 5. The lowest BCUT2D eigenvalue weighted by Gasteiger charge is -2.14. The molecule has 4 rings (SSSR count). The Labute approximate surface area is 161 Å². The van der Waals surface area contributed by atoms with Crippen LogP contribution in [0.15, 0.2) is 77.2 Å². The van der Waals surface area contributed by atoms with E-state index in [-0.39, 0.29) is 18.1 Å². The van der Waals surface area contributed by atoms with Gasteiger partial charge in [-0.1, -0.05) is 42.5 Å². The monoisotopic (exact) mass is 374 g/mol. The van der Waals surface area contributed by atoms with Gasteiger partial charge in [0.1, 0.15) is 5.92 Å². The second kappa shape index (κ2) is 7.29. The molecule has 0 saturated carbocycles. The Morgan fingerprint density at radius 3 is 2.63 bits per heavy atom. The van der Waals surface area contributed by atoms with Crippen LogP contribution in [-0.4, -0.2) is 17.4 Å². The number of ketones is 1. The smallest absolute Gasteiger partial charge is 0.263 e. The summed E-state index contributed by atoms with van der Waals surface area (Å²) in [7, 11) is 0. The molecule has 1 amide bonds. The maximum absolute atomic E-state index is 12.9. The van der Waals surface area contributed by atoms with Crippen LogP contribution in [0, 0.1) is 5.92 Å². The number of hydrogen-bond acceptors (Lipinski definition) is 4. The summed E-state index contributed by atoms with van der Waals surface area (Å²) >= 11 is 1.66. The first kappa shape index (κ1) is 17.4. The van der Waals surface area contributed by atoms with E-state index in [1.807, 2.05) is 66.0 Å². The topological polar surface area (TPSA) is 49.7 Å². The van der Waals surface area contributed by atoms with E-state index in [0.717, 1.165) is 16.0 Å². The number of thiophene rings is 1. The molecule has 0 fully saturated rings. The predicted molar refractivity (Wildman–Crippen MR) is 109 cm³/mol. The first-order chi connectivity index (χ1) is 13.1. The van der Waals surface area contributed by atoms with Gasteiger partial charge in [-0.3, -0.25) is 9.59 Å². The van der Waals surface area contributed by atoms with Crippen molar-refractivity contribution in [1.29, 1.82) is 0 Å². The first-order valence-corrected chi connectivity index (χ1v) is 9.61. The summed E-state index contributed by atoms with van der Waals surface area (Å²) in [5, 5.41) is 7.69. The number of hydrogen-bond donors (Lipinski definition) is 0. The fourth-order valence-electron chi connectivity index (χ4n) is 3.27. The highest BCUT2D eigenvalue weighted by Crippen LogP contribution is 2.27. The molecule has 5 heteroatoms. The predicted octanol–water partition coefficient (Wildman–Crippen LogP) is 4.57. The van der Waals surface area contributed by atoms with Crippen LogP contribution >= 0.6 is 11.3 Å². The molecule has 0 aliphatic carbocycles. The van der Waals surface area contributed by atoms with Crippen LogP contribution in [0.2, 0.25) is 0 Å². The fourth-order valence-corrected chi connectivity index (χ4v) is 4.00. The molecule has 1 aromatic heterocycles. The minimum Gasteiger partial charge on any atom is -0.298 e. The van der Waals surface area contributed by atoms with Crippen LogP contribution in [0.3, 0.4) is 0 Å². The standard InChI is InChI=1S/C22H18N2O2S/c1-15-21(22(26)24(23-15)18-9-3-2-4-10-18)19(25)14-16-7-5-8-17(13-16)20-11-6-12-27-20/h2-13,21H,14H2,1H3. The summed E-state index contributed by atoms with van der Waals surface area (Å²) in [6.07, 6.45) is 0.213. The summed E-state index contributed by atoms with van der Waals surface area (Å²) in [4.78, 5) is 26.8. The second-order valence-corrected chi connectivity index (χ2v) is 7.43. The molecule has 0 bridgehead atoms. The zero-order chi connectivity index (χ0) is 18.8. The van der Waals surface area contributed by atoms with Crippen LogP contribution < -0.4 is 5.01 Å². The first-order valence-electron chi connectivity index (χ1n) is 8.73. The summed E-state index contributed by atoms with van der Waals surface area (Å²) in [5.41, 5.74) is 3.22. The molecule has 0 spiro atoms. The quantitative estimate of drug-likeness (QED) is 0.615. The molecule has 4 nitrogen and oxygen atoms in total. The van der Waals surface area contributed by atoms with Gasteiger partial charge in [0.15, 0.2) is 5.78 Å². The van der Waals surface area contributed by atoms with Crippen molar-refractivity contribution < 1.29 is 9.59 Å². The fraction of sp³-hybridized carbons (Fsp3) is 0.136. The highest BCUT2D eigenvalue weighted by atomic mass is 32.1. The number of carbonyl (C=O) groups excluding carboxylic acids is 2. The average molecular weight is 374 g/mol. The molecule has 1 atom stereocenters. The van der Waals surface area contributed by atoms with Crippen LogP contribution in [0.25, 0.3) is 10.4 Å². The summed E-state index contributed by atoms with van der Waals surface area (Å²) in [5.74, 6) is -1.21. The molecule has 0 radical (unpaired) electrons. The second-order valence-electron chi connectivity index (χ2n) is 6.48. The number of Topliss-reactive ketones (excluding diaryl/α,β-unsaturated/α-hetero) is 1. The van der Waals surface area contributed by atoms with Crippen molar-refractivity contribution in [1.82, 2.24) is 0 Å². The Balaban J connectivity index is 1.53. The Kier molecular flexibility index (Phi) is 4.69. The highest BCUT2D eigenvalue weighted by molar-refractivity contribution is 7.13. The summed E-state index contributed by atoms with van der Waals surface area (Å²) < 4.78 is 0. The molecule has 134 valence electrons. The molecule has 0 saturated heterocycles. The van der Waals surface area contributed by atoms with E-state index in [4.69, 9.17) is 0 Å². The van der Waals surface area contributed by atoms with E-state index < -0.39 is 5.92 Å². The SMILES string of the molecule is CC1=NN(c2ccccc2)C(=O)C1C(=O)Cc1cccc(-c2cccs2)c1. The molecule has 2 heterocycles. The maximum Gasteiger partial charge on any atom is 0.263 e. The average Bonchev–Trinajstić information content (AvgIpc) is 3.31. The molecular weight excluding hydrogens is 356 g/mol. The number of amides is 1. The Morgan fingerprint density at radius 2 is 1.89 bits per heavy atom. The van der Waals surface area contributed by atoms with Crippen molar-refractivity contribution >= 4 is 34.4 Å². The van der Waals surface area contributed by atoms with Crippen LogP contribution in [0.5, 0.6) is 0 Å². The van der Waals surface area contributed by atoms with Crippen LogP contribution in [-0.2, 0) is 16.0 Å². The van der Waals surface area contributed by atoms with Gasteiger partial charge >= 0.3 is 0 Å². The van der Waals surface area contributed by atoms with Crippen molar-refractivity contribution in [3.05, 3.63) is 77.7 Å². The lowest BCUT2D eigenvalue weighted by molar-refractivity contribution is -0.128. The van der Waals surface area contributed by atoms with Crippen molar-refractivity contribution in [2.75, 3.05) is 5.01 Å². The lowest BCUT2D eigenvalue weighted by Crippen LogP contribution is -2.33. The zero-order valence-corrected chi connectivity index (χ0v) is 15.6. The highest BCUT2D eigenvalue weighted by Gasteiger charge is 2.39. The van der Waals surface area contributed by atoms with Crippen molar-refractivity contribution in [3.63, 3.8) is 0 Å². The number of nitrogens with zero attached hydrogens (tertiary/aromatic N) is 2. The van der Waals surface area contributed by atoms with Gasteiger partial charge in [0.2, 0.25) is 0 Å². The van der Waals surface area contributed by atoms with Gasteiger partial charge in [-0.2, -0.15) is 10.1 Å². The van der Waals surface area contributed by atoms with E-state index in [1.54, 1.807) is 18.3 Å². The molecule has 2 aromatic carbocycles. The van der Waals surface area contributed by atoms with E-state index in [0.29, 0.717) is 11.4 Å². The van der Waals surface area contributed by atoms with E-state index in [2.05, 4.69) is 11.2 Å². The molecule has 1 unspecified atom stereocenters. The van der Waals surface area contributed by atoms with Crippen molar-refractivity contribution in [2.24, 2.45) is 11.0 Å². The molecule has 27 heavy (non-hydrogen) atoms. The van der Waals surface area contributed by atoms with Gasteiger partial charge < -0.3 is 0 Å². The third-order valence-electron chi connectivity index (χ3n) is 4.56. The van der Waals surface area contributed by atoms with Crippen molar-refractivity contribution in [2.45, 2.75) is 13.3 Å². The van der Waals surface area contributed by atoms with Crippen LogP contribution in [0.1, 0.15) is 12.5 Å². The van der Waals surface area contributed by atoms with Gasteiger partial charge in [-0.25, -0.2) is 0 Å². The molecule has 1 aliphatic rings. The Hall–Kier alpha value is -3.05. The molecular formula is C22H18N2O2S. The van der Waals surface area contributed by atoms with Gasteiger partial charge in [0, 0.05) is 11.3 Å². The maximum atomic E-state index is 12.9. The van der Waals surface area contributed by atoms with Crippen molar-refractivity contribution in [3.8, 4) is 10.4 Å². The largest absolute Gasteiger partial charge is 0.298 e. The Bertz CT molecular complexity index is 1010.